The van der Waals surface area contributed by atoms with Gasteiger partial charge in [0.15, 0.2) is 9.84 Å². The minimum absolute atomic E-state index is 0.0844. The summed E-state index contributed by atoms with van der Waals surface area (Å²) >= 11 is 0. The van der Waals surface area contributed by atoms with E-state index in [0.29, 0.717) is 33.1 Å². The Kier molecular flexibility index (Phi) is 7.69. The summed E-state index contributed by atoms with van der Waals surface area (Å²) in [7, 11) is 0.296. The Bertz CT molecular complexity index is 1750. The second-order valence-corrected chi connectivity index (χ2v) is 11.2. The second kappa shape index (κ2) is 11.5. The van der Waals surface area contributed by atoms with Gasteiger partial charge in [-0.05, 0) is 36.8 Å². The van der Waals surface area contributed by atoms with Crippen LogP contribution in [0.1, 0.15) is 16.8 Å². The van der Waals surface area contributed by atoms with Gasteiger partial charge in [0.1, 0.15) is 0 Å². The molecule has 0 bridgehead atoms. The van der Waals surface area contributed by atoms with Crippen molar-refractivity contribution >= 4 is 32.2 Å². The van der Waals surface area contributed by atoms with E-state index in [4.69, 9.17) is 0 Å². The van der Waals surface area contributed by atoms with Gasteiger partial charge < -0.3 is 10.2 Å². The summed E-state index contributed by atoms with van der Waals surface area (Å²) in [6.07, 6.45) is 3.43. The van der Waals surface area contributed by atoms with Gasteiger partial charge >= 0.3 is 0 Å². The molecule has 11 nitrogen and oxygen atoms in total. The first-order valence-electron chi connectivity index (χ1n) is 12.5. The van der Waals surface area contributed by atoms with Crippen molar-refractivity contribution in [2.45, 2.75) is 11.3 Å². The molecule has 2 heterocycles. The molecule has 1 amide bonds. The van der Waals surface area contributed by atoms with Crippen LogP contribution in [0, 0.1) is 0 Å². The van der Waals surface area contributed by atoms with E-state index in [0.717, 1.165) is 11.1 Å². The van der Waals surface area contributed by atoms with Crippen molar-refractivity contribution in [1.29, 1.82) is 0 Å². The molecule has 1 N–H and O–H groups in total. The van der Waals surface area contributed by atoms with Crippen LogP contribution in [0.2, 0.25) is 0 Å². The Morgan fingerprint density at radius 1 is 0.775 bits per heavy atom. The molecular weight excluding hydrogens is 528 g/mol. The van der Waals surface area contributed by atoms with E-state index in [1.54, 1.807) is 54.9 Å². The molecule has 0 aliphatic carbocycles. The van der Waals surface area contributed by atoms with Crippen LogP contribution in [-0.2, 0) is 9.84 Å². The zero-order chi connectivity index (χ0) is 28.1. The SMILES string of the molecule is CN(C)c1cccc2c(S(=O)(=O)CCCNC(=O)c3ccc(-c4nnc(-c5ncccn5)nn4)cc3)cccc12. The minimum Gasteiger partial charge on any atom is -0.377 e. The van der Waals surface area contributed by atoms with E-state index in [1.165, 1.54) is 0 Å². The highest BCUT2D eigenvalue weighted by molar-refractivity contribution is 7.91. The number of carbonyl (C=O) groups excluding carboxylic acids is 1. The number of hydrogen-bond donors (Lipinski definition) is 1. The molecule has 0 fully saturated rings. The van der Waals surface area contributed by atoms with Gasteiger partial charge in [-0.15, -0.1) is 20.4 Å². The van der Waals surface area contributed by atoms with Crippen molar-refractivity contribution in [1.82, 2.24) is 35.7 Å². The Morgan fingerprint density at radius 3 is 2.12 bits per heavy atom. The first-order chi connectivity index (χ1) is 19.3. The third-order valence-corrected chi connectivity index (χ3v) is 8.05. The Balaban J connectivity index is 1.18. The van der Waals surface area contributed by atoms with Crippen molar-refractivity contribution in [2.75, 3.05) is 31.3 Å². The average Bonchev–Trinajstić information content (AvgIpc) is 2.99. The van der Waals surface area contributed by atoms with Gasteiger partial charge in [0.25, 0.3) is 5.91 Å². The standard InChI is InChI=1S/C28H26N8O3S/c1-36(2)23-9-3-8-22-21(23)7-4-10-24(22)40(38,39)18-6-17-31-28(37)20-13-11-19(12-14-20)25-32-34-27(35-33-25)26-29-15-5-16-30-26/h3-5,7-16H,6,17-18H2,1-2H3,(H,31,37). The highest BCUT2D eigenvalue weighted by Gasteiger charge is 2.19. The predicted octanol–water partition coefficient (Wildman–Crippen LogP) is 3.20. The number of amides is 1. The lowest BCUT2D eigenvalue weighted by Crippen LogP contribution is -2.26. The molecule has 0 radical (unpaired) electrons. The molecular formula is C28H26N8O3S. The van der Waals surface area contributed by atoms with Gasteiger partial charge in [-0.2, -0.15) is 0 Å². The quantitative estimate of drug-likeness (QED) is 0.270. The summed E-state index contributed by atoms with van der Waals surface area (Å²) < 4.78 is 26.3. The fourth-order valence-electron chi connectivity index (χ4n) is 4.22. The summed E-state index contributed by atoms with van der Waals surface area (Å²) in [6, 6.07) is 19.3. The molecule has 202 valence electrons. The van der Waals surface area contributed by atoms with Crippen LogP contribution >= 0.6 is 0 Å². The number of sulfone groups is 1. The van der Waals surface area contributed by atoms with Gasteiger partial charge in [0.2, 0.25) is 17.5 Å². The van der Waals surface area contributed by atoms with E-state index in [2.05, 4.69) is 35.7 Å². The Labute approximate surface area is 231 Å². The van der Waals surface area contributed by atoms with E-state index >= 15 is 0 Å². The maximum absolute atomic E-state index is 13.2. The summed E-state index contributed by atoms with van der Waals surface area (Å²) in [4.78, 5) is 23.0. The zero-order valence-corrected chi connectivity index (χ0v) is 22.7. The number of benzene rings is 3. The number of anilines is 1. The molecule has 5 aromatic rings. The molecule has 40 heavy (non-hydrogen) atoms. The van der Waals surface area contributed by atoms with Crippen LogP contribution in [0.5, 0.6) is 0 Å². The Hall–Kier alpha value is -4.84. The molecule has 0 spiro atoms. The normalized spacial score (nSPS) is 11.3. The van der Waals surface area contributed by atoms with Gasteiger partial charge in [-0.25, -0.2) is 18.4 Å². The first kappa shape index (κ1) is 26.8. The van der Waals surface area contributed by atoms with Crippen molar-refractivity contribution in [3.8, 4) is 23.0 Å². The number of carbonyl (C=O) groups is 1. The summed E-state index contributed by atoms with van der Waals surface area (Å²) in [5, 5.41) is 20.6. The monoisotopic (exact) mass is 554 g/mol. The molecule has 5 rings (SSSR count). The lowest BCUT2D eigenvalue weighted by molar-refractivity contribution is 0.0953. The highest BCUT2D eigenvalue weighted by Crippen LogP contribution is 2.30. The third kappa shape index (κ3) is 5.76. The highest BCUT2D eigenvalue weighted by atomic mass is 32.2. The molecule has 3 aromatic carbocycles. The maximum Gasteiger partial charge on any atom is 0.251 e. The van der Waals surface area contributed by atoms with E-state index in [9.17, 15) is 13.2 Å². The number of rotatable bonds is 9. The number of hydrogen-bond acceptors (Lipinski definition) is 10. The summed E-state index contributed by atoms with van der Waals surface area (Å²) in [6.45, 7) is 0.216. The molecule has 0 saturated carbocycles. The first-order valence-corrected chi connectivity index (χ1v) is 14.1. The summed E-state index contributed by atoms with van der Waals surface area (Å²) in [5.74, 6) is 0.436. The number of aromatic nitrogens is 6. The third-order valence-electron chi connectivity index (χ3n) is 6.20. The predicted molar refractivity (Wildman–Crippen MR) is 151 cm³/mol. The lowest BCUT2D eigenvalue weighted by Gasteiger charge is -2.17. The number of nitrogens with one attached hydrogen (secondary N) is 1. The van der Waals surface area contributed by atoms with Crippen LogP contribution in [-0.4, -0.2) is 71.1 Å². The molecule has 0 aliphatic heterocycles. The van der Waals surface area contributed by atoms with Crippen LogP contribution in [0.15, 0.2) is 84.0 Å². The van der Waals surface area contributed by atoms with Gasteiger partial charge in [0.05, 0.1) is 10.6 Å². The van der Waals surface area contributed by atoms with Crippen molar-refractivity contribution < 1.29 is 13.2 Å². The lowest BCUT2D eigenvalue weighted by atomic mass is 10.1. The molecule has 0 unspecified atom stereocenters. The fraction of sp³-hybridized carbons (Fsp3) is 0.179. The summed E-state index contributed by atoms with van der Waals surface area (Å²) in [5.41, 5.74) is 2.01. The van der Waals surface area contributed by atoms with Gasteiger partial charge in [0, 0.05) is 60.6 Å². The van der Waals surface area contributed by atoms with Crippen molar-refractivity contribution in [2.24, 2.45) is 0 Å². The molecule has 12 heteroatoms. The largest absolute Gasteiger partial charge is 0.377 e. The topological polar surface area (TPSA) is 144 Å². The zero-order valence-electron chi connectivity index (χ0n) is 21.9. The van der Waals surface area contributed by atoms with Crippen LogP contribution in [0.3, 0.4) is 0 Å². The maximum atomic E-state index is 13.2. The van der Waals surface area contributed by atoms with Gasteiger partial charge in [-0.1, -0.05) is 36.4 Å². The van der Waals surface area contributed by atoms with Crippen LogP contribution in [0.25, 0.3) is 33.8 Å². The van der Waals surface area contributed by atoms with Crippen molar-refractivity contribution in [3.05, 3.63) is 84.7 Å². The van der Waals surface area contributed by atoms with E-state index in [1.807, 2.05) is 43.3 Å². The minimum atomic E-state index is -3.55. The van der Waals surface area contributed by atoms with Crippen LogP contribution < -0.4 is 10.2 Å². The number of fused-ring (bicyclic) bond motifs is 1. The van der Waals surface area contributed by atoms with E-state index in [-0.39, 0.29) is 30.5 Å². The smallest absolute Gasteiger partial charge is 0.251 e. The second-order valence-electron chi connectivity index (χ2n) is 9.15. The van der Waals surface area contributed by atoms with Crippen LogP contribution in [0.4, 0.5) is 5.69 Å². The Morgan fingerprint density at radius 2 is 1.43 bits per heavy atom. The van der Waals surface area contributed by atoms with E-state index < -0.39 is 9.84 Å². The van der Waals surface area contributed by atoms with Gasteiger partial charge in [-0.3, -0.25) is 4.79 Å². The average molecular weight is 555 g/mol. The molecule has 0 atom stereocenters. The molecule has 0 saturated heterocycles. The fourth-order valence-corrected chi connectivity index (χ4v) is 5.76. The van der Waals surface area contributed by atoms with Crippen molar-refractivity contribution in [3.63, 3.8) is 0 Å². The molecule has 2 aromatic heterocycles. The number of nitrogens with zero attached hydrogens (tertiary/aromatic N) is 7. The molecule has 0 aliphatic rings.